The predicted octanol–water partition coefficient (Wildman–Crippen LogP) is 5.89. The number of carbonyl (C=O) groups excluding carboxylic acids is 2. The third-order valence-electron chi connectivity index (χ3n) is 7.28. The van der Waals surface area contributed by atoms with Crippen molar-refractivity contribution in [1.82, 2.24) is 5.32 Å². The van der Waals surface area contributed by atoms with Crippen LogP contribution in [0.4, 0.5) is 11.4 Å². The maximum Gasteiger partial charge on any atom is 0.259 e. The van der Waals surface area contributed by atoms with Crippen molar-refractivity contribution >= 4 is 34.0 Å². The highest BCUT2D eigenvalue weighted by molar-refractivity contribution is 7.85. The summed E-state index contributed by atoms with van der Waals surface area (Å²) in [7, 11) is -1.57. The number of fused-ring (bicyclic) bond motifs is 2. The number of amides is 2. The minimum absolute atomic E-state index is 0.234. The molecule has 7 heteroatoms. The Labute approximate surface area is 238 Å². The fourth-order valence-electron chi connectivity index (χ4n) is 5.02. The molecule has 1 aliphatic rings. The van der Waals surface area contributed by atoms with Gasteiger partial charge in [0.1, 0.15) is 0 Å². The Balaban J connectivity index is 1.45. The average Bonchev–Trinajstić information content (AvgIpc) is 3.06. The van der Waals surface area contributed by atoms with Crippen LogP contribution in [0.25, 0.3) is 0 Å². The molecule has 0 radical (unpaired) electrons. The van der Waals surface area contributed by atoms with Crippen LogP contribution < -0.4 is 15.1 Å². The van der Waals surface area contributed by atoms with Gasteiger partial charge in [0.25, 0.3) is 11.8 Å². The maximum absolute atomic E-state index is 13.9. The molecule has 0 saturated heterocycles. The number of aryl methyl sites for hydroxylation is 2. The van der Waals surface area contributed by atoms with Gasteiger partial charge in [-0.3, -0.25) is 9.59 Å². The molecule has 0 saturated carbocycles. The Hall–Kier alpha value is -4.23. The quantitative estimate of drug-likeness (QED) is 0.297. The van der Waals surface area contributed by atoms with Gasteiger partial charge in [-0.15, -0.1) is 0 Å². The molecule has 1 N–H and O–H groups in total. The number of hydrogen-bond acceptors (Lipinski definition) is 4. The molecule has 6 nitrogen and oxygen atoms in total. The van der Waals surface area contributed by atoms with Gasteiger partial charge < -0.3 is 15.1 Å². The highest BCUT2D eigenvalue weighted by Crippen LogP contribution is 2.36. The second-order valence-corrected chi connectivity index (χ2v) is 11.4. The number of likely N-dealkylation sites (N-methyl/N-ethyl adjacent to an activating group) is 1. The largest absolute Gasteiger partial charge is 0.370 e. The first kappa shape index (κ1) is 27.3. The van der Waals surface area contributed by atoms with Crippen molar-refractivity contribution in [3.63, 3.8) is 0 Å². The molecule has 4 aromatic rings. The van der Waals surface area contributed by atoms with E-state index < -0.39 is 10.8 Å². The number of anilines is 2. The summed E-state index contributed by atoms with van der Waals surface area (Å²) in [4.78, 5) is 32.0. The molecule has 0 bridgehead atoms. The van der Waals surface area contributed by atoms with Crippen LogP contribution in [0.15, 0.2) is 101 Å². The first-order valence-electron chi connectivity index (χ1n) is 13.5. The lowest BCUT2D eigenvalue weighted by atomic mass is 10.0. The molecular formula is C33H33N3O3S. The van der Waals surface area contributed by atoms with Crippen molar-refractivity contribution in [2.24, 2.45) is 0 Å². The van der Waals surface area contributed by atoms with E-state index in [1.54, 1.807) is 47.4 Å². The zero-order valence-electron chi connectivity index (χ0n) is 23.0. The molecule has 4 aromatic carbocycles. The van der Waals surface area contributed by atoms with Gasteiger partial charge in [0, 0.05) is 30.9 Å². The van der Waals surface area contributed by atoms with Crippen molar-refractivity contribution < 1.29 is 13.8 Å². The number of benzene rings is 4. The fourth-order valence-corrected chi connectivity index (χ4v) is 6.36. The second kappa shape index (κ2) is 11.9. The van der Waals surface area contributed by atoms with E-state index in [9.17, 15) is 13.8 Å². The van der Waals surface area contributed by atoms with E-state index in [-0.39, 0.29) is 11.8 Å². The fraction of sp³-hybridized carbons (Fsp3) is 0.212. The molecular weight excluding hydrogens is 518 g/mol. The van der Waals surface area contributed by atoms with Gasteiger partial charge in [-0.2, -0.15) is 0 Å². The van der Waals surface area contributed by atoms with E-state index >= 15 is 0 Å². The molecule has 40 heavy (non-hydrogen) atoms. The lowest BCUT2D eigenvalue weighted by molar-refractivity contribution is 0.0950. The number of para-hydroxylation sites is 1. The van der Waals surface area contributed by atoms with Gasteiger partial charge in [0.05, 0.1) is 38.4 Å². The number of hydrogen-bond donors (Lipinski definition) is 1. The zero-order chi connectivity index (χ0) is 28.2. The lowest BCUT2D eigenvalue weighted by Crippen LogP contribution is -2.35. The number of nitrogens with zero attached hydrogens (tertiary/aromatic N) is 2. The molecule has 0 spiro atoms. The minimum atomic E-state index is -1.57. The number of rotatable bonds is 8. The summed E-state index contributed by atoms with van der Waals surface area (Å²) >= 11 is 0. The van der Waals surface area contributed by atoms with Crippen LogP contribution in [0.3, 0.4) is 0 Å². The Morgan fingerprint density at radius 1 is 0.900 bits per heavy atom. The van der Waals surface area contributed by atoms with E-state index in [1.165, 1.54) is 0 Å². The maximum atomic E-state index is 13.9. The normalized spacial score (nSPS) is 14.2. The first-order chi connectivity index (χ1) is 19.4. The van der Waals surface area contributed by atoms with Crippen LogP contribution in [-0.4, -0.2) is 35.7 Å². The monoisotopic (exact) mass is 551 g/mol. The van der Waals surface area contributed by atoms with Gasteiger partial charge in [0.15, 0.2) is 0 Å². The lowest BCUT2D eigenvalue weighted by Gasteiger charge is -2.25. The highest BCUT2D eigenvalue weighted by atomic mass is 32.2. The van der Waals surface area contributed by atoms with Crippen LogP contribution in [0.5, 0.6) is 0 Å². The van der Waals surface area contributed by atoms with Gasteiger partial charge in [-0.1, -0.05) is 54.1 Å². The summed E-state index contributed by atoms with van der Waals surface area (Å²) in [6, 6.07) is 28.4. The predicted molar refractivity (Wildman–Crippen MR) is 161 cm³/mol. The summed E-state index contributed by atoms with van der Waals surface area (Å²) in [6.45, 7) is 8.36. The van der Waals surface area contributed by atoms with Crippen LogP contribution in [0.1, 0.15) is 44.3 Å². The van der Waals surface area contributed by atoms with Crippen molar-refractivity contribution in [2.75, 3.05) is 29.4 Å². The van der Waals surface area contributed by atoms with Crippen LogP contribution in [-0.2, 0) is 17.3 Å². The molecule has 0 fully saturated rings. The van der Waals surface area contributed by atoms with E-state index in [1.807, 2.05) is 44.2 Å². The SMILES string of the molecule is CCN(CCNC(=O)c1ccc2c(c1)N(Cc1cc(C)ccc1C)C(=O)c1ccccc1[S@@]2=O)c1ccccc1. The molecule has 0 unspecified atom stereocenters. The molecule has 0 aliphatic carbocycles. The summed E-state index contributed by atoms with van der Waals surface area (Å²) in [6.07, 6.45) is 0. The van der Waals surface area contributed by atoms with Gasteiger partial charge >= 0.3 is 0 Å². The summed E-state index contributed by atoms with van der Waals surface area (Å²) in [5.41, 5.74) is 5.58. The van der Waals surface area contributed by atoms with Gasteiger partial charge in [0.2, 0.25) is 0 Å². The minimum Gasteiger partial charge on any atom is -0.370 e. The van der Waals surface area contributed by atoms with Crippen molar-refractivity contribution in [3.05, 3.63) is 119 Å². The van der Waals surface area contributed by atoms with Crippen LogP contribution in [0.2, 0.25) is 0 Å². The molecule has 1 heterocycles. The Bertz CT molecular complexity index is 1590. The summed E-state index contributed by atoms with van der Waals surface area (Å²) in [5, 5.41) is 3.02. The summed E-state index contributed by atoms with van der Waals surface area (Å²) < 4.78 is 13.7. The molecule has 0 aromatic heterocycles. The number of nitrogens with one attached hydrogen (secondary N) is 1. The molecule has 1 atom stereocenters. The van der Waals surface area contributed by atoms with Gasteiger partial charge in [-0.05, 0) is 74.4 Å². The van der Waals surface area contributed by atoms with Crippen molar-refractivity contribution in [1.29, 1.82) is 0 Å². The topological polar surface area (TPSA) is 69.7 Å². The van der Waals surface area contributed by atoms with E-state index in [0.29, 0.717) is 46.2 Å². The third kappa shape index (κ3) is 5.56. The Kier molecular flexibility index (Phi) is 8.12. The molecule has 204 valence electrons. The Morgan fingerprint density at radius 2 is 1.65 bits per heavy atom. The van der Waals surface area contributed by atoms with Crippen molar-refractivity contribution in [2.45, 2.75) is 37.1 Å². The highest BCUT2D eigenvalue weighted by Gasteiger charge is 2.31. The zero-order valence-corrected chi connectivity index (χ0v) is 23.8. The number of carbonyl (C=O) groups is 2. The second-order valence-electron chi connectivity index (χ2n) is 9.94. The molecule has 2 amide bonds. The standard InChI is InChI=1S/C33H33N3O3S/c1-4-35(27-10-6-5-7-11-27)19-18-34-32(37)25-16-17-31-29(21-25)36(22-26-20-23(2)14-15-24(26)3)33(38)28-12-8-9-13-30(28)40(31)39/h5-17,20-21H,4,18-19,22H2,1-3H3,(H,34,37)/t40-/m0/s1. The smallest absolute Gasteiger partial charge is 0.259 e. The van der Waals surface area contributed by atoms with E-state index in [2.05, 4.69) is 35.3 Å². The van der Waals surface area contributed by atoms with E-state index in [0.717, 1.165) is 28.9 Å². The third-order valence-corrected chi connectivity index (χ3v) is 8.78. The van der Waals surface area contributed by atoms with Crippen molar-refractivity contribution in [3.8, 4) is 0 Å². The first-order valence-corrected chi connectivity index (χ1v) is 14.6. The average molecular weight is 552 g/mol. The van der Waals surface area contributed by atoms with Gasteiger partial charge in [-0.25, -0.2) is 4.21 Å². The molecule has 1 aliphatic heterocycles. The van der Waals surface area contributed by atoms with Crippen LogP contribution in [0, 0.1) is 13.8 Å². The molecule has 5 rings (SSSR count). The van der Waals surface area contributed by atoms with Crippen LogP contribution >= 0.6 is 0 Å². The summed E-state index contributed by atoms with van der Waals surface area (Å²) in [5.74, 6) is -0.471. The Morgan fingerprint density at radius 3 is 2.42 bits per heavy atom. The van der Waals surface area contributed by atoms with E-state index in [4.69, 9.17) is 0 Å².